The quantitative estimate of drug-likeness (QED) is 0.372. The number of nitro groups is 1. The van der Waals surface area contributed by atoms with Gasteiger partial charge in [0, 0.05) is 11.6 Å². The van der Waals surface area contributed by atoms with E-state index >= 15 is 0 Å². The van der Waals surface area contributed by atoms with Crippen molar-refractivity contribution in [1.82, 2.24) is 0 Å². The molecule has 110 valence electrons. The molecule has 0 aliphatic carbocycles. The highest BCUT2D eigenvalue weighted by molar-refractivity contribution is 7.91. The first-order valence-electron chi connectivity index (χ1n) is 5.65. The Kier molecular flexibility index (Phi) is 4.82. The Balaban J connectivity index is 3.32. The van der Waals surface area contributed by atoms with Crippen molar-refractivity contribution >= 4 is 22.8 Å². The zero-order chi connectivity index (χ0) is 15.7. The van der Waals surface area contributed by atoms with E-state index in [4.69, 9.17) is 0 Å². The monoisotopic (exact) mass is 304 g/mol. The molecule has 1 aromatic rings. The molecule has 0 amide bonds. The average Bonchev–Trinajstić information content (AvgIpc) is 2.30. The van der Waals surface area contributed by atoms with E-state index in [0.717, 1.165) is 6.07 Å². The van der Waals surface area contributed by atoms with Crippen LogP contribution in [-0.4, -0.2) is 19.9 Å². The molecule has 0 aromatic heterocycles. The molecule has 8 heteroatoms. The van der Waals surface area contributed by atoms with Crippen LogP contribution >= 0.6 is 0 Å². The summed E-state index contributed by atoms with van der Waals surface area (Å²) in [6.45, 7) is 6.34. The van der Waals surface area contributed by atoms with Gasteiger partial charge < -0.3 is 4.55 Å². The third-order valence-corrected chi connectivity index (χ3v) is 3.84. The van der Waals surface area contributed by atoms with E-state index in [-0.39, 0.29) is 11.3 Å². The Morgan fingerprint density at radius 1 is 1.35 bits per heavy atom. The molecule has 1 atom stereocenters. The second-order valence-corrected chi connectivity index (χ2v) is 6.99. The highest BCUT2D eigenvalue weighted by Crippen LogP contribution is 2.23. The second-order valence-electron chi connectivity index (χ2n) is 5.08. The minimum absolute atomic E-state index is 0.0571. The van der Waals surface area contributed by atoms with Crippen molar-refractivity contribution in [3.63, 3.8) is 0 Å². The lowest BCUT2D eigenvalue weighted by atomic mass is 10.1. The van der Waals surface area contributed by atoms with Crippen molar-refractivity contribution in [2.75, 3.05) is 0 Å². The summed E-state index contributed by atoms with van der Waals surface area (Å²) >= 11 is -1.67. The second kappa shape index (κ2) is 5.84. The molecular formula is C12H14F2N2O3S. The van der Waals surface area contributed by atoms with Crippen LogP contribution in [0, 0.1) is 21.7 Å². The minimum Gasteiger partial charge on any atom is -0.591 e. The first kappa shape index (κ1) is 16.5. The van der Waals surface area contributed by atoms with Crippen LogP contribution in [-0.2, 0) is 11.4 Å². The summed E-state index contributed by atoms with van der Waals surface area (Å²) in [6.07, 6.45) is 0. The molecule has 1 aromatic carbocycles. The molecule has 5 nitrogen and oxygen atoms in total. The molecule has 0 N–H and O–H groups in total. The van der Waals surface area contributed by atoms with Gasteiger partial charge in [0.1, 0.15) is 16.1 Å². The molecule has 1 rings (SSSR count). The van der Waals surface area contributed by atoms with Gasteiger partial charge in [0.2, 0.25) is 0 Å². The summed E-state index contributed by atoms with van der Waals surface area (Å²) in [4.78, 5) is 9.80. The van der Waals surface area contributed by atoms with Gasteiger partial charge in [-0.2, -0.15) is 0 Å². The zero-order valence-corrected chi connectivity index (χ0v) is 12.3. The van der Waals surface area contributed by atoms with E-state index in [1.807, 2.05) is 0 Å². The number of non-ortho nitro benzene ring substituents is 1. The summed E-state index contributed by atoms with van der Waals surface area (Å²) in [5.74, 6) is -2.59. The number of nitro benzene ring substituents is 1. The van der Waals surface area contributed by atoms with Gasteiger partial charge in [-0.15, -0.1) is 0 Å². The lowest BCUT2D eigenvalue weighted by Gasteiger charge is -2.18. The topological polar surface area (TPSA) is 78.6 Å². The largest absolute Gasteiger partial charge is 0.591 e. The average molecular weight is 304 g/mol. The zero-order valence-electron chi connectivity index (χ0n) is 11.4. The normalized spacial score (nSPS) is 14.2. The van der Waals surface area contributed by atoms with E-state index < -0.39 is 38.4 Å². The minimum atomic E-state index is -1.67. The molecular weight excluding hydrogens is 290 g/mol. The molecule has 0 saturated carbocycles. The molecule has 0 aliphatic rings. The SMILES string of the molecule is C/C(=N\[S+]([O-])C(C)(C)C)c1cc([N+](=O)[O-])cc(F)c1F. The maximum absolute atomic E-state index is 13.7. The predicted octanol–water partition coefficient (Wildman–Crippen LogP) is 3.14. The molecule has 0 heterocycles. The van der Waals surface area contributed by atoms with Gasteiger partial charge in [0.15, 0.2) is 11.6 Å². The lowest BCUT2D eigenvalue weighted by molar-refractivity contribution is -0.385. The van der Waals surface area contributed by atoms with E-state index in [2.05, 4.69) is 4.40 Å². The first-order valence-corrected chi connectivity index (χ1v) is 6.76. The fourth-order valence-corrected chi connectivity index (χ4v) is 1.87. The predicted molar refractivity (Wildman–Crippen MR) is 73.1 cm³/mol. The Hall–Kier alpha value is -1.54. The Morgan fingerprint density at radius 3 is 2.35 bits per heavy atom. The van der Waals surface area contributed by atoms with Crippen molar-refractivity contribution in [3.8, 4) is 0 Å². The summed E-state index contributed by atoms with van der Waals surface area (Å²) in [5, 5.41) is 10.6. The summed E-state index contributed by atoms with van der Waals surface area (Å²) in [6, 6.07) is 1.37. The van der Waals surface area contributed by atoms with Crippen LogP contribution in [0.2, 0.25) is 0 Å². The molecule has 0 saturated heterocycles. The van der Waals surface area contributed by atoms with E-state index in [1.165, 1.54) is 6.92 Å². The fourth-order valence-electron chi connectivity index (χ4n) is 1.25. The number of rotatable bonds is 3. The number of benzene rings is 1. The van der Waals surface area contributed by atoms with Crippen LogP contribution in [0.3, 0.4) is 0 Å². The van der Waals surface area contributed by atoms with Gasteiger partial charge in [-0.1, -0.05) is 4.40 Å². The van der Waals surface area contributed by atoms with Crippen molar-refractivity contribution in [2.24, 2.45) is 4.40 Å². The highest BCUT2D eigenvalue weighted by Gasteiger charge is 2.28. The van der Waals surface area contributed by atoms with Crippen molar-refractivity contribution in [2.45, 2.75) is 32.4 Å². The lowest BCUT2D eigenvalue weighted by Crippen LogP contribution is -2.26. The Bertz CT molecular complexity index is 571. The van der Waals surface area contributed by atoms with Gasteiger partial charge >= 0.3 is 0 Å². The van der Waals surface area contributed by atoms with Crippen LogP contribution in [0.1, 0.15) is 33.3 Å². The number of hydrogen-bond donors (Lipinski definition) is 0. The third-order valence-electron chi connectivity index (χ3n) is 2.36. The molecule has 0 spiro atoms. The van der Waals surface area contributed by atoms with Crippen molar-refractivity contribution in [3.05, 3.63) is 39.4 Å². The van der Waals surface area contributed by atoms with Gasteiger partial charge in [-0.05, 0) is 27.7 Å². The van der Waals surface area contributed by atoms with Crippen LogP contribution in [0.5, 0.6) is 0 Å². The third kappa shape index (κ3) is 3.73. The van der Waals surface area contributed by atoms with Crippen molar-refractivity contribution < 1.29 is 18.3 Å². The molecule has 20 heavy (non-hydrogen) atoms. The summed E-state index contributed by atoms with van der Waals surface area (Å²) in [5.41, 5.74) is -1.01. The summed E-state index contributed by atoms with van der Waals surface area (Å²) in [7, 11) is 0. The smallest absolute Gasteiger partial charge is 0.273 e. The van der Waals surface area contributed by atoms with Gasteiger partial charge in [0.25, 0.3) is 5.69 Å². The van der Waals surface area contributed by atoms with Crippen LogP contribution < -0.4 is 0 Å². The Labute approximate surface area is 118 Å². The fraction of sp³-hybridized carbons (Fsp3) is 0.417. The van der Waals surface area contributed by atoms with Gasteiger partial charge in [0.05, 0.1) is 16.7 Å². The van der Waals surface area contributed by atoms with Crippen LogP contribution in [0.4, 0.5) is 14.5 Å². The highest BCUT2D eigenvalue weighted by atomic mass is 32.2. The Morgan fingerprint density at radius 2 is 1.90 bits per heavy atom. The maximum Gasteiger partial charge on any atom is 0.273 e. The van der Waals surface area contributed by atoms with Gasteiger partial charge in [-0.25, -0.2) is 8.78 Å². The van der Waals surface area contributed by atoms with E-state index in [1.54, 1.807) is 20.8 Å². The molecule has 0 radical (unpaired) electrons. The van der Waals surface area contributed by atoms with E-state index in [9.17, 15) is 23.4 Å². The van der Waals surface area contributed by atoms with Gasteiger partial charge in [-0.3, -0.25) is 10.1 Å². The van der Waals surface area contributed by atoms with Crippen LogP contribution in [0.25, 0.3) is 0 Å². The molecule has 0 aliphatic heterocycles. The van der Waals surface area contributed by atoms with Crippen LogP contribution in [0.15, 0.2) is 16.5 Å². The maximum atomic E-state index is 13.7. The van der Waals surface area contributed by atoms with E-state index in [0.29, 0.717) is 6.07 Å². The standard InChI is InChI=1S/C12H14F2N2O3S/c1-7(15-20(19)12(2,3)4)9-5-8(16(17)18)6-10(13)11(9)14/h5-6H,1-4H3/b15-7+. The number of halogens is 2. The molecule has 0 bridgehead atoms. The molecule has 0 fully saturated rings. The molecule has 1 unspecified atom stereocenters. The number of nitrogens with zero attached hydrogens (tertiary/aromatic N) is 2. The van der Waals surface area contributed by atoms with Crippen molar-refractivity contribution in [1.29, 1.82) is 0 Å². The first-order chi connectivity index (χ1) is 9.04. The number of hydrogen-bond acceptors (Lipinski definition) is 4. The summed E-state index contributed by atoms with van der Waals surface area (Å²) < 4.78 is 41.9.